The first-order valence-electron chi connectivity index (χ1n) is 7.15. The van der Waals surface area contributed by atoms with Gasteiger partial charge >= 0.3 is 0 Å². The van der Waals surface area contributed by atoms with Gasteiger partial charge in [0.05, 0.1) is 18.3 Å². The van der Waals surface area contributed by atoms with Gasteiger partial charge in [-0.25, -0.2) is 0 Å². The molecule has 100 valence electrons. The molecule has 0 amide bonds. The van der Waals surface area contributed by atoms with Crippen molar-refractivity contribution in [3.8, 4) is 0 Å². The molecular formula is C14H27NO2. The largest absolute Gasteiger partial charge is 0.394 e. The number of ether oxygens (including phenoxy) is 1. The lowest BCUT2D eigenvalue weighted by atomic mass is 9.98. The van der Waals surface area contributed by atoms with E-state index in [0.29, 0.717) is 6.10 Å². The molecule has 17 heavy (non-hydrogen) atoms. The molecule has 2 aliphatic rings. The van der Waals surface area contributed by atoms with E-state index in [9.17, 15) is 5.11 Å². The van der Waals surface area contributed by atoms with Gasteiger partial charge in [-0.15, -0.1) is 0 Å². The molecule has 3 nitrogen and oxygen atoms in total. The molecule has 1 aliphatic heterocycles. The molecule has 2 atom stereocenters. The number of hydrogen-bond acceptors (Lipinski definition) is 3. The molecule has 2 fully saturated rings. The first-order valence-corrected chi connectivity index (χ1v) is 7.15. The fraction of sp³-hybridized carbons (Fsp3) is 1.00. The van der Waals surface area contributed by atoms with Crippen molar-refractivity contribution in [3.63, 3.8) is 0 Å². The summed E-state index contributed by atoms with van der Waals surface area (Å²) in [7, 11) is 0. The van der Waals surface area contributed by atoms with Gasteiger partial charge in [0.15, 0.2) is 0 Å². The zero-order chi connectivity index (χ0) is 12.4. The molecule has 1 heterocycles. The lowest BCUT2D eigenvalue weighted by Gasteiger charge is -2.30. The summed E-state index contributed by atoms with van der Waals surface area (Å²) in [5, 5.41) is 12.8. The van der Waals surface area contributed by atoms with Crippen molar-refractivity contribution in [2.24, 2.45) is 0 Å². The Labute approximate surface area is 105 Å². The highest BCUT2D eigenvalue weighted by molar-refractivity contribution is 4.94. The van der Waals surface area contributed by atoms with E-state index in [1.165, 1.54) is 38.5 Å². The number of rotatable bonds is 5. The minimum Gasteiger partial charge on any atom is -0.394 e. The molecule has 2 N–H and O–H groups in total. The van der Waals surface area contributed by atoms with Crippen LogP contribution in [0.25, 0.3) is 0 Å². The van der Waals surface area contributed by atoms with E-state index in [1.54, 1.807) is 0 Å². The van der Waals surface area contributed by atoms with E-state index in [2.05, 4.69) is 19.2 Å². The van der Waals surface area contributed by atoms with Crippen LogP contribution < -0.4 is 5.32 Å². The third kappa shape index (κ3) is 3.01. The summed E-state index contributed by atoms with van der Waals surface area (Å²) in [6.07, 6.45) is 8.90. The predicted octanol–water partition coefficient (Wildman–Crippen LogP) is 2.23. The fourth-order valence-corrected chi connectivity index (χ4v) is 3.08. The summed E-state index contributed by atoms with van der Waals surface area (Å²) in [4.78, 5) is 0. The summed E-state index contributed by atoms with van der Waals surface area (Å²) in [6.45, 7) is 5.26. The van der Waals surface area contributed by atoms with E-state index in [1.807, 2.05) is 0 Å². The molecule has 0 aromatic heterocycles. The highest BCUT2D eigenvalue weighted by atomic mass is 16.5. The lowest BCUT2D eigenvalue weighted by molar-refractivity contribution is -0.0383. The van der Waals surface area contributed by atoms with Crippen LogP contribution in [0, 0.1) is 0 Å². The minimum absolute atomic E-state index is 0.144. The Morgan fingerprint density at radius 2 is 2.06 bits per heavy atom. The zero-order valence-corrected chi connectivity index (χ0v) is 11.3. The second-order valence-corrected chi connectivity index (χ2v) is 6.12. The van der Waals surface area contributed by atoms with Crippen LogP contribution in [0.15, 0.2) is 0 Å². The van der Waals surface area contributed by atoms with Gasteiger partial charge in [0.1, 0.15) is 0 Å². The zero-order valence-electron chi connectivity index (χ0n) is 11.3. The van der Waals surface area contributed by atoms with Crippen LogP contribution >= 0.6 is 0 Å². The smallest absolute Gasteiger partial charge is 0.0708 e. The van der Waals surface area contributed by atoms with Gasteiger partial charge in [-0.2, -0.15) is 0 Å². The summed E-state index contributed by atoms with van der Waals surface area (Å²) < 4.78 is 6.25. The molecule has 0 bridgehead atoms. The van der Waals surface area contributed by atoms with E-state index in [4.69, 9.17) is 4.74 Å². The summed E-state index contributed by atoms with van der Waals surface area (Å²) in [5.41, 5.74) is 0.0863. The van der Waals surface area contributed by atoms with Crippen LogP contribution in [0.3, 0.4) is 0 Å². The number of nitrogens with one attached hydrogen (secondary N) is 1. The Morgan fingerprint density at radius 3 is 2.65 bits per heavy atom. The Morgan fingerprint density at radius 1 is 1.35 bits per heavy atom. The van der Waals surface area contributed by atoms with Crippen molar-refractivity contribution >= 4 is 0 Å². The topological polar surface area (TPSA) is 41.5 Å². The van der Waals surface area contributed by atoms with Crippen LogP contribution in [0.5, 0.6) is 0 Å². The third-order valence-electron chi connectivity index (χ3n) is 4.74. The molecule has 0 radical (unpaired) electrons. The molecule has 2 unspecified atom stereocenters. The van der Waals surface area contributed by atoms with E-state index in [-0.39, 0.29) is 17.7 Å². The van der Waals surface area contributed by atoms with Crippen molar-refractivity contribution in [3.05, 3.63) is 0 Å². The Hall–Kier alpha value is -0.120. The maximum Gasteiger partial charge on any atom is 0.0708 e. The molecule has 1 spiro atoms. The maximum absolute atomic E-state index is 9.36. The van der Waals surface area contributed by atoms with Crippen molar-refractivity contribution in [1.29, 1.82) is 0 Å². The molecule has 0 aromatic carbocycles. The second-order valence-electron chi connectivity index (χ2n) is 6.12. The summed E-state index contributed by atoms with van der Waals surface area (Å²) in [6, 6.07) is 0. The van der Waals surface area contributed by atoms with Crippen molar-refractivity contribution in [1.82, 2.24) is 5.32 Å². The van der Waals surface area contributed by atoms with E-state index in [0.717, 1.165) is 13.0 Å². The average Bonchev–Trinajstić information content (AvgIpc) is 2.97. The van der Waals surface area contributed by atoms with Crippen LogP contribution in [0.4, 0.5) is 0 Å². The first kappa shape index (κ1) is 13.3. The standard InChI is InChI=1S/C14H27NO2/c1-3-13(2,11-16)15-10-12-6-9-14(17-12)7-4-5-8-14/h12,15-16H,3-11H2,1-2H3. The van der Waals surface area contributed by atoms with Crippen LogP contribution in [-0.2, 0) is 4.74 Å². The second kappa shape index (κ2) is 5.25. The quantitative estimate of drug-likeness (QED) is 0.775. The third-order valence-corrected chi connectivity index (χ3v) is 4.74. The molecular weight excluding hydrogens is 214 g/mol. The molecule has 0 aromatic rings. The van der Waals surface area contributed by atoms with E-state index >= 15 is 0 Å². The average molecular weight is 241 g/mol. The molecule has 1 saturated heterocycles. The van der Waals surface area contributed by atoms with Crippen molar-refractivity contribution in [2.45, 2.75) is 76.0 Å². The summed E-state index contributed by atoms with van der Waals surface area (Å²) >= 11 is 0. The van der Waals surface area contributed by atoms with E-state index < -0.39 is 0 Å². The highest BCUT2D eigenvalue weighted by Crippen LogP contribution is 2.43. The van der Waals surface area contributed by atoms with Crippen LogP contribution in [0.2, 0.25) is 0 Å². The fourth-order valence-electron chi connectivity index (χ4n) is 3.08. The van der Waals surface area contributed by atoms with Crippen molar-refractivity contribution in [2.75, 3.05) is 13.2 Å². The van der Waals surface area contributed by atoms with Gasteiger partial charge in [0.25, 0.3) is 0 Å². The van der Waals surface area contributed by atoms with Gasteiger partial charge in [-0.05, 0) is 39.0 Å². The highest BCUT2D eigenvalue weighted by Gasteiger charge is 2.42. The van der Waals surface area contributed by atoms with Crippen LogP contribution in [0.1, 0.15) is 58.8 Å². The SMILES string of the molecule is CCC(C)(CO)NCC1CCC2(CCCC2)O1. The monoisotopic (exact) mass is 241 g/mol. The maximum atomic E-state index is 9.36. The minimum atomic E-state index is -0.144. The van der Waals surface area contributed by atoms with Gasteiger partial charge in [0.2, 0.25) is 0 Å². The Kier molecular flexibility index (Phi) is 4.11. The van der Waals surface area contributed by atoms with Crippen molar-refractivity contribution < 1.29 is 9.84 Å². The Balaban J connectivity index is 1.78. The summed E-state index contributed by atoms with van der Waals surface area (Å²) in [5.74, 6) is 0. The molecule has 3 heteroatoms. The van der Waals surface area contributed by atoms with Crippen LogP contribution in [-0.4, -0.2) is 35.5 Å². The van der Waals surface area contributed by atoms with Gasteiger partial charge in [0, 0.05) is 12.1 Å². The number of aliphatic hydroxyl groups excluding tert-OH is 1. The van der Waals surface area contributed by atoms with Gasteiger partial charge in [-0.1, -0.05) is 19.8 Å². The molecule has 2 rings (SSSR count). The number of hydrogen-bond donors (Lipinski definition) is 2. The number of aliphatic hydroxyl groups is 1. The predicted molar refractivity (Wildman–Crippen MR) is 69.1 cm³/mol. The lowest BCUT2D eigenvalue weighted by Crippen LogP contribution is -2.48. The first-order chi connectivity index (χ1) is 8.11. The Bertz CT molecular complexity index is 245. The van der Waals surface area contributed by atoms with Gasteiger partial charge < -0.3 is 15.2 Å². The molecule has 1 saturated carbocycles. The molecule has 1 aliphatic carbocycles. The normalized spacial score (nSPS) is 30.9. The van der Waals surface area contributed by atoms with Gasteiger partial charge in [-0.3, -0.25) is 0 Å².